The van der Waals surface area contributed by atoms with Gasteiger partial charge in [0.25, 0.3) is 0 Å². The number of morpholine rings is 1. The summed E-state index contributed by atoms with van der Waals surface area (Å²) in [5, 5.41) is 6.26. The van der Waals surface area contributed by atoms with Gasteiger partial charge in [0.15, 0.2) is 0 Å². The van der Waals surface area contributed by atoms with Crippen molar-refractivity contribution in [2.45, 2.75) is 13.5 Å². The van der Waals surface area contributed by atoms with Crippen LogP contribution in [0.3, 0.4) is 0 Å². The zero-order valence-corrected chi connectivity index (χ0v) is 18.4. The Morgan fingerprint density at radius 3 is 2.61 bits per heavy atom. The van der Waals surface area contributed by atoms with Gasteiger partial charge in [-0.3, -0.25) is 4.79 Å². The summed E-state index contributed by atoms with van der Waals surface area (Å²) in [7, 11) is 0. The predicted molar refractivity (Wildman–Crippen MR) is 128 cm³/mol. The highest BCUT2D eigenvalue weighted by atomic mass is 16.5. The van der Waals surface area contributed by atoms with Crippen LogP contribution in [0.2, 0.25) is 0 Å². The number of amides is 1. The van der Waals surface area contributed by atoms with Crippen LogP contribution in [-0.4, -0.2) is 51.7 Å². The number of anilines is 4. The molecule has 9 nitrogen and oxygen atoms in total. The maximum Gasteiger partial charge on any atom is 0.244 e. The molecule has 0 spiro atoms. The minimum Gasteiger partial charge on any atom is -0.378 e. The third kappa shape index (κ3) is 4.93. The lowest BCUT2D eigenvalue weighted by atomic mass is 10.2. The van der Waals surface area contributed by atoms with Crippen LogP contribution in [-0.2, 0) is 16.1 Å². The Morgan fingerprint density at radius 2 is 1.79 bits per heavy atom. The van der Waals surface area contributed by atoms with Gasteiger partial charge >= 0.3 is 0 Å². The third-order valence-electron chi connectivity index (χ3n) is 5.44. The molecule has 0 atom stereocenters. The monoisotopic (exact) mass is 443 g/mol. The van der Waals surface area contributed by atoms with Crippen LogP contribution >= 0.6 is 0 Å². The quantitative estimate of drug-likeness (QED) is 0.472. The number of carbonyl (C=O) groups excluding carboxylic acids is 1. The fourth-order valence-corrected chi connectivity index (χ4v) is 3.85. The minimum atomic E-state index is -0.111. The molecule has 1 amide bonds. The second-order valence-electron chi connectivity index (χ2n) is 7.87. The number of para-hydroxylation sites is 2. The summed E-state index contributed by atoms with van der Waals surface area (Å²) >= 11 is 0. The number of imidazole rings is 1. The van der Waals surface area contributed by atoms with Crippen molar-refractivity contribution in [3.63, 3.8) is 0 Å². The number of hydrogen-bond donors (Lipinski definition) is 2. The van der Waals surface area contributed by atoms with Gasteiger partial charge in [-0.2, -0.15) is 0 Å². The van der Waals surface area contributed by atoms with Crippen LogP contribution in [0, 0.1) is 6.92 Å². The van der Waals surface area contributed by atoms with Crippen LogP contribution in [0.5, 0.6) is 0 Å². The normalized spacial score (nSPS) is 13.8. The van der Waals surface area contributed by atoms with E-state index in [1.165, 1.54) is 0 Å². The number of ether oxygens (including phenoxy) is 1. The lowest BCUT2D eigenvalue weighted by Gasteiger charge is -2.28. The SMILES string of the molecule is Cc1nc(Nc2ccc(NC(=O)Cn3cnc4ccccc43)cc2)cc(N2CCOCC2)n1. The van der Waals surface area contributed by atoms with Crippen LogP contribution in [0.1, 0.15) is 5.82 Å². The first-order valence-corrected chi connectivity index (χ1v) is 10.9. The summed E-state index contributed by atoms with van der Waals surface area (Å²) in [4.78, 5) is 28.1. The molecule has 0 saturated carbocycles. The van der Waals surface area contributed by atoms with Gasteiger partial charge in [0, 0.05) is 30.5 Å². The van der Waals surface area contributed by atoms with E-state index in [1.54, 1.807) is 6.33 Å². The van der Waals surface area contributed by atoms with E-state index in [9.17, 15) is 4.79 Å². The largest absolute Gasteiger partial charge is 0.378 e. The Morgan fingerprint density at radius 1 is 1.03 bits per heavy atom. The molecule has 0 aliphatic carbocycles. The van der Waals surface area contributed by atoms with Gasteiger partial charge in [-0.15, -0.1) is 0 Å². The molecule has 168 valence electrons. The molecule has 3 heterocycles. The molecule has 1 saturated heterocycles. The first kappa shape index (κ1) is 20.9. The molecule has 2 aromatic heterocycles. The van der Waals surface area contributed by atoms with Crippen molar-refractivity contribution in [3.05, 3.63) is 66.7 Å². The number of aryl methyl sites for hydroxylation is 1. The maximum absolute atomic E-state index is 12.5. The lowest BCUT2D eigenvalue weighted by molar-refractivity contribution is -0.116. The third-order valence-corrected chi connectivity index (χ3v) is 5.44. The highest BCUT2D eigenvalue weighted by molar-refractivity contribution is 5.91. The lowest BCUT2D eigenvalue weighted by Crippen LogP contribution is -2.36. The first-order valence-electron chi connectivity index (χ1n) is 10.9. The van der Waals surface area contributed by atoms with Crippen LogP contribution < -0.4 is 15.5 Å². The predicted octanol–water partition coefficient (Wildman–Crippen LogP) is 3.35. The van der Waals surface area contributed by atoms with E-state index >= 15 is 0 Å². The molecule has 5 rings (SSSR count). The molecule has 0 bridgehead atoms. The molecular formula is C24H25N7O2. The molecular weight excluding hydrogens is 418 g/mol. The van der Waals surface area contributed by atoms with Crippen LogP contribution in [0.15, 0.2) is 60.9 Å². The zero-order valence-electron chi connectivity index (χ0n) is 18.4. The summed E-state index contributed by atoms with van der Waals surface area (Å²) in [5.74, 6) is 2.22. The number of fused-ring (bicyclic) bond motifs is 1. The number of aromatic nitrogens is 4. The molecule has 9 heteroatoms. The molecule has 2 N–H and O–H groups in total. The number of rotatable bonds is 6. The Hall–Kier alpha value is -3.98. The molecule has 0 unspecified atom stereocenters. The first-order chi connectivity index (χ1) is 16.1. The molecule has 33 heavy (non-hydrogen) atoms. The number of benzene rings is 2. The highest BCUT2D eigenvalue weighted by Crippen LogP contribution is 2.22. The van der Waals surface area contributed by atoms with Crippen molar-refractivity contribution in [3.8, 4) is 0 Å². The van der Waals surface area contributed by atoms with Gasteiger partial charge in [0.1, 0.15) is 24.0 Å². The van der Waals surface area contributed by atoms with Crippen molar-refractivity contribution in [1.82, 2.24) is 19.5 Å². The minimum absolute atomic E-state index is 0.111. The standard InChI is InChI=1S/C24H25N7O2/c1-17-26-22(14-23(27-17)30-10-12-33-13-11-30)28-18-6-8-19(9-7-18)29-24(32)15-31-16-25-20-4-2-3-5-21(20)31/h2-9,14,16H,10-13,15H2,1H3,(H,29,32)(H,26,27,28). The van der Waals surface area contributed by atoms with Crippen molar-refractivity contribution in [2.24, 2.45) is 0 Å². The Balaban J connectivity index is 1.22. The molecule has 0 radical (unpaired) electrons. The van der Waals surface area contributed by atoms with E-state index in [-0.39, 0.29) is 12.5 Å². The summed E-state index contributed by atoms with van der Waals surface area (Å²) in [6.45, 7) is 5.13. The second-order valence-corrected chi connectivity index (χ2v) is 7.87. The Kier molecular flexibility index (Phi) is 5.86. The molecule has 2 aromatic carbocycles. The van der Waals surface area contributed by atoms with Crippen molar-refractivity contribution < 1.29 is 9.53 Å². The van der Waals surface area contributed by atoms with E-state index in [0.29, 0.717) is 19.0 Å². The van der Waals surface area contributed by atoms with E-state index in [2.05, 4.69) is 30.5 Å². The zero-order chi connectivity index (χ0) is 22.6. The summed E-state index contributed by atoms with van der Waals surface area (Å²) in [6, 6.07) is 17.3. The molecule has 1 fully saturated rings. The van der Waals surface area contributed by atoms with Gasteiger partial charge in [0.05, 0.1) is 30.6 Å². The summed E-state index contributed by atoms with van der Waals surface area (Å²) in [6.07, 6.45) is 1.69. The maximum atomic E-state index is 12.5. The fraction of sp³-hybridized carbons (Fsp3) is 0.250. The van der Waals surface area contributed by atoms with Gasteiger partial charge < -0.3 is 24.8 Å². The number of nitrogens with zero attached hydrogens (tertiary/aromatic N) is 5. The smallest absolute Gasteiger partial charge is 0.244 e. The van der Waals surface area contributed by atoms with E-state index in [0.717, 1.165) is 47.1 Å². The Bertz CT molecular complexity index is 1260. The molecule has 1 aliphatic heterocycles. The second kappa shape index (κ2) is 9.25. The van der Waals surface area contributed by atoms with E-state index < -0.39 is 0 Å². The molecule has 1 aliphatic rings. The number of carbonyl (C=O) groups is 1. The van der Waals surface area contributed by atoms with Gasteiger partial charge in [-0.1, -0.05) is 12.1 Å². The number of hydrogen-bond acceptors (Lipinski definition) is 7. The fourth-order valence-electron chi connectivity index (χ4n) is 3.85. The van der Waals surface area contributed by atoms with Gasteiger partial charge in [-0.05, 0) is 43.3 Å². The van der Waals surface area contributed by atoms with Gasteiger partial charge in [0.2, 0.25) is 5.91 Å². The average Bonchev–Trinajstić information content (AvgIpc) is 3.23. The van der Waals surface area contributed by atoms with Crippen molar-refractivity contribution in [2.75, 3.05) is 41.8 Å². The Labute approximate surface area is 191 Å². The van der Waals surface area contributed by atoms with Crippen molar-refractivity contribution in [1.29, 1.82) is 0 Å². The molecule has 4 aromatic rings. The summed E-state index contributed by atoms with van der Waals surface area (Å²) < 4.78 is 7.27. The topological polar surface area (TPSA) is 97.2 Å². The van der Waals surface area contributed by atoms with Crippen molar-refractivity contribution >= 4 is 40.0 Å². The van der Waals surface area contributed by atoms with E-state index in [1.807, 2.05) is 66.1 Å². The van der Waals surface area contributed by atoms with E-state index in [4.69, 9.17) is 4.74 Å². The average molecular weight is 444 g/mol. The number of nitrogens with one attached hydrogen (secondary N) is 2. The summed E-state index contributed by atoms with van der Waals surface area (Å²) in [5.41, 5.74) is 3.41. The van der Waals surface area contributed by atoms with Crippen LogP contribution in [0.25, 0.3) is 11.0 Å². The van der Waals surface area contributed by atoms with Crippen LogP contribution in [0.4, 0.5) is 23.0 Å². The van der Waals surface area contributed by atoms with Gasteiger partial charge in [-0.25, -0.2) is 15.0 Å². The highest BCUT2D eigenvalue weighted by Gasteiger charge is 2.14.